The Morgan fingerprint density at radius 1 is 1.29 bits per heavy atom. The molecule has 1 aliphatic carbocycles. The fourth-order valence-corrected chi connectivity index (χ4v) is 2.62. The predicted molar refractivity (Wildman–Crippen MR) is 73.8 cm³/mol. The SMILES string of the molecule is CCC(Oc1ccc(S)cc1)(C1CC1)N(C)C. The zero-order chi connectivity index (χ0) is 12.5. The molecule has 0 spiro atoms. The maximum Gasteiger partial charge on any atom is 0.165 e. The lowest BCUT2D eigenvalue weighted by Crippen LogP contribution is -2.51. The number of rotatable bonds is 5. The first-order chi connectivity index (χ1) is 8.08. The molecule has 1 unspecified atom stereocenters. The summed E-state index contributed by atoms with van der Waals surface area (Å²) in [4.78, 5) is 3.19. The van der Waals surface area contributed by atoms with Crippen LogP contribution in [0.15, 0.2) is 29.2 Å². The average Bonchev–Trinajstić information content (AvgIpc) is 3.12. The van der Waals surface area contributed by atoms with Crippen LogP contribution < -0.4 is 4.74 Å². The van der Waals surface area contributed by atoms with Gasteiger partial charge in [0, 0.05) is 10.8 Å². The highest BCUT2D eigenvalue weighted by Gasteiger charge is 2.48. The molecule has 0 N–H and O–H groups in total. The van der Waals surface area contributed by atoms with Crippen molar-refractivity contribution < 1.29 is 4.74 Å². The molecule has 1 aliphatic rings. The van der Waals surface area contributed by atoms with E-state index < -0.39 is 0 Å². The third-order valence-corrected chi connectivity index (χ3v) is 3.91. The largest absolute Gasteiger partial charge is 0.472 e. The minimum absolute atomic E-state index is 0.141. The highest BCUT2D eigenvalue weighted by atomic mass is 32.1. The van der Waals surface area contributed by atoms with Crippen molar-refractivity contribution in [2.24, 2.45) is 5.92 Å². The van der Waals surface area contributed by atoms with Gasteiger partial charge in [-0.05, 0) is 57.6 Å². The number of ether oxygens (including phenoxy) is 1. The van der Waals surface area contributed by atoms with Crippen LogP contribution in [0.4, 0.5) is 0 Å². The molecule has 0 amide bonds. The summed E-state index contributed by atoms with van der Waals surface area (Å²) < 4.78 is 6.28. The number of benzene rings is 1. The zero-order valence-corrected chi connectivity index (χ0v) is 11.7. The molecule has 0 bridgehead atoms. The molecular formula is C14H21NOS. The van der Waals surface area contributed by atoms with E-state index in [0.29, 0.717) is 5.92 Å². The lowest BCUT2D eigenvalue weighted by atomic mass is 10.0. The second-order valence-corrected chi connectivity index (χ2v) is 5.48. The molecular weight excluding hydrogens is 230 g/mol. The van der Waals surface area contributed by atoms with Gasteiger partial charge in [0.2, 0.25) is 0 Å². The van der Waals surface area contributed by atoms with Crippen molar-refractivity contribution in [2.75, 3.05) is 14.1 Å². The molecule has 94 valence electrons. The molecule has 1 saturated carbocycles. The first-order valence-corrected chi connectivity index (χ1v) is 6.68. The maximum atomic E-state index is 6.28. The fourth-order valence-electron chi connectivity index (χ4n) is 2.47. The molecule has 0 saturated heterocycles. The smallest absolute Gasteiger partial charge is 0.165 e. The Morgan fingerprint density at radius 3 is 2.29 bits per heavy atom. The molecule has 1 atom stereocenters. The first-order valence-electron chi connectivity index (χ1n) is 6.24. The fraction of sp³-hybridized carbons (Fsp3) is 0.571. The van der Waals surface area contributed by atoms with Crippen molar-refractivity contribution in [1.29, 1.82) is 0 Å². The lowest BCUT2D eigenvalue weighted by molar-refractivity contribution is -0.0796. The van der Waals surface area contributed by atoms with Gasteiger partial charge < -0.3 is 4.74 Å². The van der Waals surface area contributed by atoms with Gasteiger partial charge in [-0.25, -0.2) is 0 Å². The molecule has 0 aromatic heterocycles. The molecule has 3 heteroatoms. The van der Waals surface area contributed by atoms with Gasteiger partial charge in [0.1, 0.15) is 5.75 Å². The molecule has 17 heavy (non-hydrogen) atoms. The van der Waals surface area contributed by atoms with Crippen LogP contribution in [0.1, 0.15) is 26.2 Å². The van der Waals surface area contributed by atoms with Crippen molar-refractivity contribution in [3.63, 3.8) is 0 Å². The zero-order valence-electron chi connectivity index (χ0n) is 10.8. The van der Waals surface area contributed by atoms with E-state index in [-0.39, 0.29) is 5.72 Å². The van der Waals surface area contributed by atoms with Crippen LogP contribution in [0.5, 0.6) is 5.75 Å². The molecule has 1 aromatic rings. The van der Waals surface area contributed by atoms with Crippen LogP contribution in [-0.2, 0) is 0 Å². The Bertz CT molecular complexity index is 368. The number of hydrogen-bond donors (Lipinski definition) is 1. The van der Waals surface area contributed by atoms with Crippen molar-refractivity contribution in [1.82, 2.24) is 4.90 Å². The van der Waals surface area contributed by atoms with Gasteiger partial charge in [-0.2, -0.15) is 0 Å². The lowest BCUT2D eigenvalue weighted by Gasteiger charge is -2.39. The normalized spacial score (nSPS) is 19.1. The average molecular weight is 251 g/mol. The van der Waals surface area contributed by atoms with E-state index in [1.165, 1.54) is 12.8 Å². The Kier molecular flexibility index (Phi) is 3.69. The van der Waals surface area contributed by atoms with E-state index in [9.17, 15) is 0 Å². The Balaban J connectivity index is 2.20. The summed E-state index contributed by atoms with van der Waals surface area (Å²) in [6.07, 6.45) is 3.56. The monoisotopic (exact) mass is 251 g/mol. The highest BCUT2D eigenvalue weighted by molar-refractivity contribution is 7.80. The molecule has 0 heterocycles. The van der Waals surface area contributed by atoms with Crippen molar-refractivity contribution in [3.05, 3.63) is 24.3 Å². The van der Waals surface area contributed by atoms with Gasteiger partial charge in [-0.1, -0.05) is 6.92 Å². The molecule has 2 rings (SSSR count). The van der Waals surface area contributed by atoms with E-state index in [4.69, 9.17) is 4.74 Å². The first kappa shape index (κ1) is 12.8. The Labute approximate surface area is 109 Å². The molecule has 0 aliphatic heterocycles. The van der Waals surface area contributed by atoms with Gasteiger partial charge in [0.15, 0.2) is 5.72 Å². The summed E-state index contributed by atoms with van der Waals surface area (Å²) in [7, 11) is 4.21. The van der Waals surface area contributed by atoms with Crippen molar-refractivity contribution >= 4 is 12.6 Å². The second-order valence-electron chi connectivity index (χ2n) is 4.96. The van der Waals surface area contributed by atoms with Gasteiger partial charge in [0.05, 0.1) is 0 Å². The maximum absolute atomic E-state index is 6.28. The van der Waals surface area contributed by atoms with Crippen LogP contribution in [0.25, 0.3) is 0 Å². The van der Waals surface area contributed by atoms with Gasteiger partial charge in [0.25, 0.3) is 0 Å². The summed E-state index contributed by atoms with van der Waals surface area (Å²) >= 11 is 4.29. The van der Waals surface area contributed by atoms with Crippen LogP contribution >= 0.6 is 12.6 Å². The summed E-state index contributed by atoms with van der Waals surface area (Å²) in [5.41, 5.74) is -0.141. The van der Waals surface area contributed by atoms with E-state index in [1.807, 2.05) is 24.3 Å². The minimum Gasteiger partial charge on any atom is -0.472 e. The van der Waals surface area contributed by atoms with Gasteiger partial charge >= 0.3 is 0 Å². The van der Waals surface area contributed by atoms with Gasteiger partial charge in [-0.3, -0.25) is 4.90 Å². The number of thiol groups is 1. The minimum atomic E-state index is -0.141. The van der Waals surface area contributed by atoms with Crippen LogP contribution in [0, 0.1) is 5.92 Å². The van der Waals surface area contributed by atoms with Crippen LogP contribution in [0.3, 0.4) is 0 Å². The summed E-state index contributed by atoms with van der Waals surface area (Å²) in [6.45, 7) is 2.20. The second kappa shape index (κ2) is 4.91. The number of nitrogens with zero attached hydrogens (tertiary/aromatic N) is 1. The van der Waals surface area contributed by atoms with E-state index in [1.54, 1.807) is 0 Å². The third kappa shape index (κ3) is 2.61. The standard InChI is InChI=1S/C14H21NOS/c1-4-14(15(2)3,11-5-6-11)16-12-7-9-13(17)10-8-12/h7-11,17H,4-6H2,1-3H3. The Hall–Kier alpha value is -0.670. The van der Waals surface area contributed by atoms with E-state index in [2.05, 4.69) is 38.5 Å². The van der Waals surface area contributed by atoms with Crippen LogP contribution in [-0.4, -0.2) is 24.7 Å². The summed E-state index contributed by atoms with van der Waals surface area (Å²) in [6, 6.07) is 7.94. The molecule has 2 nitrogen and oxygen atoms in total. The van der Waals surface area contributed by atoms with E-state index in [0.717, 1.165) is 17.1 Å². The predicted octanol–water partition coefficient (Wildman–Crippen LogP) is 3.43. The van der Waals surface area contributed by atoms with Gasteiger partial charge in [-0.15, -0.1) is 12.6 Å². The number of hydrogen-bond acceptors (Lipinski definition) is 3. The molecule has 1 aromatic carbocycles. The summed E-state index contributed by atoms with van der Waals surface area (Å²) in [5, 5.41) is 0. The highest BCUT2D eigenvalue weighted by Crippen LogP contribution is 2.45. The molecule has 0 radical (unpaired) electrons. The third-order valence-electron chi connectivity index (χ3n) is 3.61. The van der Waals surface area contributed by atoms with E-state index >= 15 is 0 Å². The summed E-state index contributed by atoms with van der Waals surface area (Å²) in [5.74, 6) is 1.60. The Morgan fingerprint density at radius 2 is 1.88 bits per heavy atom. The van der Waals surface area contributed by atoms with Crippen LogP contribution in [0.2, 0.25) is 0 Å². The van der Waals surface area contributed by atoms with Crippen molar-refractivity contribution in [2.45, 2.75) is 36.8 Å². The quantitative estimate of drug-likeness (QED) is 0.636. The topological polar surface area (TPSA) is 12.5 Å². The molecule has 1 fully saturated rings. The van der Waals surface area contributed by atoms with Crippen molar-refractivity contribution in [3.8, 4) is 5.75 Å².